The molecular weight excluding hydrogens is 398 g/mol. The lowest BCUT2D eigenvalue weighted by Gasteiger charge is -2.13. The van der Waals surface area contributed by atoms with Gasteiger partial charge in [0.25, 0.3) is 5.56 Å². The fraction of sp³-hybridized carbons (Fsp3) is 0.222. The van der Waals surface area contributed by atoms with Crippen LogP contribution in [0.25, 0.3) is 5.95 Å². The summed E-state index contributed by atoms with van der Waals surface area (Å²) in [7, 11) is 0. The number of anilines is 1. The van der Waals surface area contributed by atoms with Crippen molar-refractivity contribution in [3.63, 3.8) is 0 Å². The van der Waals surface area contributed by atoms with Crippen LogP contribution < -0.4 is 10.9 Å². The molecule has 7 nitrogen and oxygen atoms in total. The molecule has 26 heavy (non-hydrogen) atoms. The largest absolute Gasteiger partial charge is 0.325 e. The molecule has 0 aliphatic carbocycles. The smallest absolute Gasteiger partial charge is 0.255 e. The number of halogens is 1. The van der Waals surface area contributed by atoms with Crippen molar-refractivity contribution in [1.82, 2.24) is 19.3 Å². The van der Waals surface area contributed by atoms with E-state index in [-0.39, 0.29) is 18.0 Å². The summed E-state index contributed by atoms with van der Waals surface area (Å²) in [6.45, 7) is 5.32. The molecule has 0 fully saturated rings. The van der Waals surface area contributed by atoms with Crippen LogP contribution in [0.15, 0.2) is 45.7 Å². The highest BCUT2D eigenvalue weighted by Gasteiger charge is 2.15. The Bertz CT molecular complexity index is 1020. The number of rotatable bonds is 4. The maximum atomic E-state index is 12.5. The summed E-state index contributed by atoms with van der Waals surface area (Å²) in [5.74, 6) is 0.00872. The van der Waals surface area contributed by atoms with E-state index in [1.807, 2.05) is 32.0 Å². The number of carbonyl (C=O) groups excluding carboxylic acids is 1. The van der Waals surface area contributed by atoms with Gasteiger partial charge in [0.1, 0.15) is 6.54 Å². The third-order valence-corrected chi connectivity index (χ3v) is 4.27. The molecule has 1 aromatic carbocycles. The number of benzene rings is 1. The van der Waals surface area contributed by atoms with Gasteiger partial charge in [-0.05, 0) is 51.1 Å². The lowest BCUT2D eigenvalue weighted by atomic mass is 10.3. The second-order valence-corrected chi connectivity index (χ2v) is 6.93. The van der Waals surface area contributed by atoms with Crippen molar-refractivity contribution in [1.29, 1.82) is 0 Å². The van der Waals surface area contributed by atoms with E-state index < -0.39 is 0 Å². The van der Waals surface area contributed by atoms with Crippen LogP contribution in [0.2, 0.25) is 0 Å². The van der Waals surface area contributed by atoms with E-state index >= 15 is 0 Å². The number of hydrogen-bond acceptors (Lipinski definition) is 4. The first-order chi connectivity index (χ1) is 12.3. The first-order valence-electron chi connectivity index (χ1n) is 8.01. The molecule has 3 aromatic rings. The van der Waals surface area contributed by atoms with Crippen LogP contribution >= 0.6 is 15.9 Å². The number of aryl methyl sites for hydroxylation is 3. The van der Waals surface area contributed by atoms with Gasteiger partial charge in [-0.15, -0.1) is 0 Å². The number of nitrogens with zero attached hydrogens (tertiary/aromatic N) is 4. The zero-order valence-electron chi connectivity index (χ0n) is 14.7. The van der Waals surface area contributed by atoms with Crippen LogP contribution in [0.3, 0.4) is 0 Å². The van der Waals surface area contributed by atoms with Crippen molar-refractivity contribution in [2.45, 2.75) is 27.3 Å². The molecule has 8 heteroatoms. The van der Waals surface area contributed by atoms with Gasteiger partial charge < -0.3 is 5.32 Å². The summed E-state index contributed by atoms with van der Waals surface area (Å²) in [4.78, 5) is 29.3. The lowest BCUT2D eigenvalue weighted by Crippen LogP contribution is -2.31. The van der Waals surface area contributed by atoms with E-state index in [1.54, 1.807) is 23.7 Å². The molecule has 0 atom stereocenters. The van der Waals surface area contributed by atoms with E-state index in [0.717, 1.165) is 15.9 Å². The van der Waals surface area contributed by atoms with Crippen LogP contribution in [-0.4, -0.2) is 25.2 Å². The van der Waals surface area contributed by atoms with Crippen molar-refractivity contribution in [3.05, 3.63) is 68.3 Å². The zero-order valence-corrected chi connectivity index (χ0v) is 16.2. The molecule has 2 aromatic heterocycles. The summed E-state index contributed by atoms with van der Waals surface area (Å²) in [6.07, 6.45) is 0. The summed E-state index contributed by atoms with van der Waals surface area (Å²) >= 11 is 3.35. The molecular formula is C18H18BrN5O2. The highest BCUT2D eigenvalue weighted by atomic mass is 79.9. The number of nitrogens with one attached hydrogen (secondary N) is 1. The molecule has 3 rings (SSSR count). The van der Waals surface area contributed by atoms with Crippen LogP contribution in [0.1, 0.15) is 17.1 Å². The van der Waals surface area contributed by atoms with Gasteiger partial charge in [0.15, 0.2) is 0 Å². The highest BCUT2D eigenvalue weighted by Crippen LogP contribution is 2.14. The second kappa shape index (κ2) is 7.25. The third kappa shape index (κ3) is 3.91. The number of amides is 1. The molecule has 2 heterocycles. The van der Waals surface area contributed by atoms with E-state index in [0.29, 0.717) is 17.3 Å². The topological polar surface area (TPSA) is 81.8 Å². The normalized spacial score (nSPS) is 10.8. The van der Waals surface area contributed by atoms with Gasteiger partial charge in [0.2, 0.25) is 11.9 Å². The fourth-order valence-corrected chi connectivity index (χ4v) is 2.89. The Hall–Kier alpha value is -2.74. The summed E-state index contributed by atoms with van der Waals surface area (Å²) in [6, 6.07) is 10.5. The summed E-state index contributed by atoms with van der Waals surface area (Å²) in [5.41, 5.74) is 2.57. The first kappa shape index (κ1) is 18.1. The minimum atomic E-state index is -0.317. The van der Waals surface area contributed by atoms with Crippen LogP contribution in [0, 0.1) is 20.8 Å². The van der Waals surface area contributed by atoms with Crippen LogP contribution in [0.4, 0.5) is 5.69 Å². The van der Waals surface area contributed by atoms with Gasteiger partial charge in [0, 0.05) is 27.6 Å². The van der Waals surface area contributed by atoms with Crippen LogP contribution in [0.5, 0.6) is 0 Å². The Morgan fingerprint density at radius 1 is 1.12 bits per heavy atom. The zero-order chi connectivity index (χ0) is 18.8. The standard InChI is InChI=1S/C18H18BrN5O2/c1-11-9-17(26)23(18(20-11)24-13(3)8-12(2)22-24)10-16(25)21-15-6-4-14(19)5-7-15/h4-9H,10H2,1-3H3,(H,21,25). The SMILES string of the molecule is Cc1cc(=O)n(CC(=O)Nc2ccc(Br)cc2)c(-n2nc(C)cc2C)n1. The molecule has 1 amide bonds. The van der Waals surface area contributed by atoms with Gasteiger partial charge in [-0.1, -0.05) is 15.9 Å². The van der Waals surface area contributed by atoms with Crippen molar-refractivity contribution in [2.75, 3.05) is 5.32 Å². The van der Waals surface area contributed by atoms with Gasteiger partial charge in [-0.3, -0.25) is 14.2 Å². The molecule has 1 N–H and O–H groups in total. The van der Waals surface area contributed by atoms with Gasteiger partial charge in [0.05, 0.1) is 5.69 Å². The van der Waals surface area contributed by atoms with Gasteiger partial charge in [-0.2, -0.15) is 5.10 Å². The molecule has 134 valence electrons. The van der Waals surface area contributed by atoms with E-state index in [2.05, 4.69) is 31.3 Å². The molecule has 0 bridgehead atoms. The predicted octanol–water partition coefficient (Wildman–Crippen LogP) is 2.76. The molecule has 0 spiro atoms. The molecule has 0 aliphatic rings. The Kier molecular flexibility index (Phi) is 5.03. The van der Waals surface area contributed by atoms with E-state index in [1.165, 1.54) is 10.6 Å². The molecule has 0 radical (unpaired) electrons. The minimum absolute atomic E-state index is 0.157. The average molecular weight is 416 g/mol. The van der Waals surface area contributed by atoms with Crippen molar-refractivity contribution < 1.29 is 4.79 Å². The Balaban J connectivity index is 1.94. The van der Waals surface area contributed by atoms with E-state index in [4.69, 9.17) is 0 Å². The Labute approximate surface area is 158 Å². The second-order valence-electron chi connectivity index (χ2n) is 6.02. The Morgan fingerprint density at radius 3 is 2.42 bits per heavy atom. The first-order valence-corrected chi connectivity index (χ1v) is 8.80. The molecule has 0 saturated heterocycles. The van der Waals surface area contributed by atoms with Crippen LogP contribution in [-0.2, 0) is 11.3 Å². The number of aromatic nitrogens is 4. The predicted molar refractivity (Wildman–Crippen MR) is 103 cm³/mol. The maximum Gasteiger partial charge on any atom is 0.255 e. The van der Waals surface area contributed by atoms with Crippen molar-refractivity contribution in [2.24, 2.45) is 0 Å². The molecule has 0 saturated carbocycles. The summed E-state index contributed by atoms with van der Waals surface area (Å²) in [5, 5.41) is 7.16. The van der Waals surface area contributed by atoms with Gasteiger partial charge >= 0.3 is 0 Å². The molecule has 0 aliphatic heterocycles. The number of hydrogen-bond donors (Lipinski definition) is 1. The average Bonchev–Trinajstić information content (AvgIpc) is 2.90. The number of carbonyl (C=O) groups is 1. The quantitative estimate of drug-likeness (QED) is 0.709. The Morgan fingerprint density at radius 2 is 1.81 bits per heavy atom. The highest BCUT2D eigenvalue weighted by molar-refractivity contribution is 9.10. The van der Waals surface area contributed by atoms with Crippen molar-refractivity contribution in [3.8, 4) is 5.95 Å². The minimum Gasteiger partial charge on any atom is -0.325 e. The van der Waals surface area contributed by atoms with Gasteiger partial charge in [-0.25, -0.2) is 9.67 Å². The monoisotopic (exact) mass is 415 g/mol. The molecule has 0 unspecified atom stereocenters. The maximum absolute atomic E-state index is 12.5. The summed E-state index contributed by atoms with van der Waals surface area (Å²) < 4.78 is 3.82. The van der Waals surface area contributed by atoms with E-state index in [9.17, 15) is 9.59 Å². The fourth-order valence-electron chi connectivity index (χ4n) is 2.62. The van der Waals surface area contributed by atoms with Crippen molar-refractivity contribution >= 4 is 27.5 Å². The third-order valence-electron chi connectivity index (χ3n) is 3.74. The lowest BCUT2D eigenvalue weighted by molar-refractivity contribution is -0.116.